The van der Waals surface area contributed by atoms with Crippen LogP contribution in [0.25, 0.3) is 10.9 Å². The molecule has 2 amide bonds. The lowest BCUT2D eigenvalue weighted by molar-refractivity contribution is -0.135. The third-order valence-corrected chi connectivity index (χ3v) is 8.68. The number of carbonyl (C=O) groups is 2. The van der Waals surface area contributed by atoms with Gasteiger partial charge in [0, 0.05) is 56.4 Å². The Morgan fingerprint density at radius 1 is 0.941 bits per heavy atom. The van der Waals surface area contributed by atoms with Crippen LogP contribution in [0, 0.1) is 0 Å². The number of hydrogen-bond donors (Lipinski definition) is 0. The topological polar surface area (TPSA) is 92.2 Å². The van der Waals surface area contributed by atoms with Crippen LogP contribution in [0.2, 0.25) is 0 Å². The first-order chi connectivity index (χ1) is 16.3. The molecule has 186 valence electrons. The maximum atomic E-state index is 13.2. The van der Waals surface area contributed by atoms with Gasteiger partial charge in [-0.05, 0) is 51.0 Å². The summed E-state index contributed by atoms with van der Waals surface area (Å²) in [5.74, 6) is -0.0257. The zero-order valence-electron chi connectivity index (χ0n) is 20.0. The predicted molar refractivity (Wildman–Crippen MR) is 129 cm³/mol. The van der Waals surface area contributed by atoms with Crippen molar-refractivity contribution in [3.63, 3.8) is 0 Å². The van der Waals surface area contributed by atoms with E-state index in [2.05, 4.69) is 0 Å². The van der Waals surface area contributed by atoms with Crippen LogP contribution >= 0.6 is 0 Å². The van der Waals surface area contributed by atoms with E-state index in [1.54, 1.807) is 39.2 Å². The Morgan fingerprint density at radius 3 is 2.24 bits per heavy atom. The van der Waals surface area contributed by atoms with E-state index in [1.165, 1.54) is 0 Å². The molecule has 0 bridgehead atoms. The molecule has 4 rings (SSSR count). The second-order valence-electron chi connectivity index (χ2n) is 8.95. The lowest BCUT2D eigenvalue weighted by atomic mass is 10.2. The molecular weight excluding hydrogens is 456 g/mol. The molecule has 34 heavy (non-hydrogen) atoms. The van der Waals surface area contributed by atoms with Crippen molar-refractivity contribution in [1.29, 1.82) is 0 Å². The lowest BCUT2D eigenvalue weighted by Crippen LogP contribution is -2.52. The fourth-order valence-electron chi connectivity index (χ4n) is 4.78. The molecule has 2 aliphatic rings. The van der Waals surface area contributed by atoms with Crippen LogP contribution < -0.4 is 0 Å². The summed E-state index contributed by atoms with van der Waals surface area (Å²) in [6.45, 7) is 6.89. The summed E-state index contributed by atoms with van der Waals surface area (Å²) in [5.41, 5.74) is 0.820. The van der Waals surface area contributed by atoms with Crippen LogP contribution in [0.5, 0.6) is 0 Å². The maximum absolute atomic E-state index is 13.2. The van der Waals surface area contributed by atoms with E-state index in [9.17, 15) is 18.0 Å². The predicted octanol–water partition coefficient (Wildman–Crippen LogP) is 3.07. The highest BCUT2D eigenvalue weighted by Gasteiger charge is 2.29. The summed E-state index contributed by atoms with van der Waals surface area (Å²) >= 11 is 0. The van der Waals surface area contributed by atoms with Gasteiger partial charge in [-0.3, -0.25) is 4.79 Å². The molecule has 2 aromatic rings. The number of piperazine rings is 1. The van der Waals surface area contributed by atoms with Gasteiger partial charge in [0.25, 0.3) is 0 Å². The Hall–Kier alpha value is -2.59. The van der Waals surface area contributed by atoms with Crippen LogP contribution in [-0.2, 0) is 19.6 Å². The van der Waals surface area contributed by atoms with Gasteiger partial charge in [0.05, 0.1) is 11.5 Å². The first-order valence-electron chi connectivity index (χ1n) is 12.1. The highest BCUT2D eigenvalue weighted by atomic mass is 32.2. The molecule has 2 fully saturated rings. The first-order valence-corrected chi connectivity index (χ1v) is 13.6. The van der Waals surface area contributed by atoms with Gasteiger partial charge >= 0.3 is 6.09 Å². The summed E-state index contributed by atoms with van der Waals surface area (Å²) < 4.78 is 34.9. The van der Waals surface area contributed by atoms with Crippen LogP contribution in [0.1, 0.15) is 45.6 Å². The normalized spacial score (nSPS) is 19.1. The molecule has 10 heteroatoms. The highest BCUT2D eigenvalue weighted by Crippen LogP contribution is 2.27. The number of sulfonamides is 1. The molecule has 0 aliphatic carbocycles. The van der Waals surface area contributed by atoms with Crippen LogP contribution in [-0.4, -0.2) is 85.0 Å². The number of ether oxygens (including phenoxy) is 1. The van der Waals surface area contributed by atoms with Crippen molar-refractivity contribution < 1.29 is 22.7 Å². The maximum Gasteiger partial charge on any atom is 0.409 e. The van der Waals surface area contributed by atoms with E-state index < -0.39 is 16.1 Å². The molecule has 1 aromatic heterocycles. The number of nitrogens with zero attached hydrogens (tertiary/aromatic N) is 4. The third-order valence-electron chi connectivity index (χ3n) is 6.79. The zero-order valence-corrected chi connectivity index (χ0v) is 20.8. The van der Waals surface area contributed by atoms with Crippen molar-refractivity contribution >= 4 is 32.9 Å². The smallest absolute Gasteiger partial charge is 0.409 e. The van der Waals surface area contributed by atoms with E-state index in [-0.39, 0.29) is 12.0 Å². The molecule has 0 N–H and O–H groups in total. The minimum atomic E-state index is -3.53. The van der Waals surface area contributed by atoms with E-state index in [4.69, 9.17) is 4.74 Å². The van der Waals surface area contributed by atoms with Crippen molar-refractivity contribution in [3.8, 4) is 0 Å². The van der Waals surface area contributed by atoms with E-state index >= 15 is 0 Å². The Labute approximate surface area is 201 Å². The molecular formula is C24H34N4O5S. The third kappa shape index (κ3) is 4.93. The Bertz CT molecular complexity index is 1130. The van der Waals surface area contributed by atoms with Crippen molar-refractivity contribution in [2.45, 2.75) is 50.5 Å². The summed E-state index contributed by atoms with van der Waals surface area (Å²) in [6, 6.07) is 6.57. The zero-order chi connectivity index (χ0) is 24.3. The van der Waals surface area contributed by atoms with Gasteiger partial charge in [-0.2, -0.15) is 4.31 Å². The van der Waals surface area contributed by atoms with Crippen LogP contribution in [0.4, 0.5) is 4.79 Å². The molecule has 0 radical (unpaired) electrons. The van der Waals surface area contributed by atoms with Gasteiger partial charge in [0.2, 0.25) is 15.9 Å². The molecule has 9 nitrogen and oxygen atoms in total. The minimum absolute atomic E-state index is 0.0257. The van der Waals surface area contributed by atoms with Gasteiger partial charge < -0.3 is 19.1 Å². The molecule has 0 spiro atoms. The van der Waals surface area contributed by atoms with Crippen molar-refractivity contribution in [2.75, 3.05) is 45.9 Å². The van der Waals surface area contributed by atoms with Crippen LogP contribution in [0.3, 0.4) is 0 Å². The summed E-state index contributed by atoms with van der Waals surface area (Å²) in [5, 5.41) is 0.794. The number of fused-ring (bicyclic) bond motifs is 1. The Balaban J connectivity index is 1.47. The number of carbonyl (C=O) groups excluding carboxylic acids is 2. The van der Waals surface area contributed by atoms with Crippen molar-refractivity contribution in [1.82, 2.24) is 18.7 Å². The lowest BCUT2D eigenvalue weighted by Gasteiger charge is -2.35. The number of rotatable bonds is 5. The summed E-state index contributed by atoms with van der Waals surface area (Å²) in [7, 11) is -3.53. The quantitative estimate of drug-likeness (QED) is 0.642. The Morgan fingerprint density at radius 2 is 1.59 bits per heavy atom. The number of amides is 2. The molecule has 0 saturated carbocycles. The second-order valence-corrected chi connectivity index (χ2v) is 10.9. The number of aromatic nitrogens is 1. The largest absolute Gasteiger partial charge is 0.450 e. The van der Waals surface area contributed by atoms with Gasteiger partial charge in [-0.15, -0.1) is 0 Å². The summed E-state index contributed by atoms with van der Waals surface area (Å²) in [4.78, 5) is 28.8. The van der Waals surface area contributed by atoms with Crippen LogP contribution in [0.15, 0.2) is 35.4 Å². The molecule has 0 unspecified atom stereocenters. The average molecular weight is 491 g/mol. The fraction of sp³-hybridized carbons (Fsp3) is 0.583. The second kappa shape index (κ2) is 10.4. The van der Waals surface area contributed by atoms with Crippen molar-refractivity contribution in [2.24, 2.45) is 0 Å². The molecule has 2 aliphatic heterocycles. The van der Waals surface area contributed by atoms with Crippen molar-refractivity contribution in [3.05, 3.63) is 30.5 Å². The first kappa shape index (κ1) is 24.5. The summed E-state index contributed by atoms with van der Waals surface area (Å²) in [6.07, 6.45) is 5.42. The van der Waals surface area contributed by atoms with Gasteiger partial charge in [0.15, 0.2) is 0 Å². The molecule has 1 aromatic carbocycles. The molecule has 3 heterocycles. The van der Waals surface area contributed by atoms with E-state index in [0.717, 1.165) is 36.6 Å². The standard InChI is InChI=1S/C24H34N4O5S/c1-3-33-24(30)26-16-14-25(15-17-26)23(29)19(2)28-13-10-20-18-21(8-9-22(20)28)34(31,32)27-11-6-4-5-7-12-27/h8-10,13,18-19H,3-7,11-12,14-17H2,1-2H3/t19-/m1/s1. The van der Waals surface area contributed by atoms with E-state index in [1.807, 2.05) is 23.8 Å². The monoisotopic (exact) mass is 490 g/mol. The molecule has 2 saturated heterocycles. The van der Waals surface area contributed by atoms with Gasteiger partial charge in [-0.25, -0.2) is 13.2 Å². The number of hydrogen-bond acceptors (Lipinski definition) is 5. The fourth-order valence-corrected chi connectivity index (χ4v) is 6.33. The number of benzene rings is 1. The Kier molecular flexibility index (Phi) is 7.47. The minimum Gasteiger partial charge on any atom is -0.450 e. The average Bonchev–Trinajstić information content (AvgIpc) is 3.06. The van der Waals surface area contributed by atoms with Gasteiger partial charge in [0.1, 0.15) is 6.04 Å². The highest BCUT2D eigenvalue weighted by molar-refractivity contribution is 7.89. The SMILES string of the molecule is CCOC(=O)N1CCN(C(=O)[C@@H](C)n2ccc3cc(S(=O)(=O)N4CCCCCC4)ccc32)CC1. The van der Waals surface area contributed by atoms with E-state index in [0.29, 0.717) is 50.8 Å². The molecule has 1 atom stereocenters. The van der Waals surface area contributed by atoms with Gasteiger partial charge in [-0.1, -0.05) is 12.8 Å².